The van der Waals surface area contributed by atoms with Gasteiger partial charge in [0.15, 0.2) is 4.34 Å². The summed E-state index contributed by atoms with van der Waals surface area (Å²) >= 11 is 2.58. The van der Waals surface area contributed by atoms with Gasteiger partial charge in [-0.25, -0.2) is 4.79 Å². The first-order chi connectivity index (χ1) is 11.6. The topological polar surface area (TPSA) is 96.0 Å². The summed E-state index contributed by atoms with van der Waals surface area (Å²) in [6.45, 7) is 4.21. The second-order valence-electron chi connectivity index (χ2n) is 4.52. The Hall–Kier alpha value is -2.39. The minimum absolute atomic E-state index is 0.415. The minimum atomic E-state index is -0.608. The van der Waals surface area contributed by atoms with Crippen LogP contribution in [-0.4, -0.2) is 35.7 Å². The van der Waals surface area contributed by atoms with Gasteiger partial charge in [-0.15, -0.1) is 16.8 Å². The highest BCUT2D eigenvalue weighted by atomic mass is 32.2. The summed E-state index contributed by atoms with van der Waals surface area (Å²) in [6, 6.07) is 8.66. The standard InChI is InChI=1S/C15H17N5O2S2/c1-3-9-17-14-19-20-15(24-14)23-11(10-7-5-4-6-8-10)12(21)18-13(22)16-2/h3-8,11H,1,9H2,2H3,(H,17,19)(H2,16,18,21,22)/t11-/m0/s1. The van der Waals surface area contributed by atoms with E-state index in [1.165, 1.54) is 30.1 Å². The van der Waals surface area contributed by atoms with Crippen LogP contribution in [-0.2, 0) is 4.79 Å². The summed E-state index contributed by atoms with van der Waals surface area (Å²) < 4.78 is 0.627. The molecule has 0 saturated heterocycles. The fourth-order valence-electron chi connectivity index (χ4n) is 1.73. The number of anilines is 1. The molecule has 0 aliphatic heterocycles. The average Bonchev–Trinajstić information content (AvgIpc) is 3.06. The number of imide groups is 1. The third-order valence-electron chi connectivity index (χ3n) is 2.83. The Bertz CT molecular complexity index is 705. The van der Waals surface area contributed by atoms with Gasteiger partial charge in [-0.3, -0.25) is 10.1 Å². The van der Waals surface area contributed by atoms with E-state index in [0.717, 1.165) is 5.56 Å². The molecule has 3 amide bonds. The summed E-state index contributed by atoms with van der Waals surface area (Å²) in [4.78, 5) is 23.9. The van der Waals surface area contributed by atoms with Gasteiger partial charge in [-0.1, -0.05) is 59.5 Å². The molecular weight excluding hydrogens is 346 g/mol. The van der Waals surface area contributed by atoms with Crippen molar-refractivity contribution in [3.63, 3.8) is 0 Å². The van der Waals surface area contributed by atoms with E-state index in [1.807, 2.05) is 30.3 Å². The van der Waals surface area contributed by atoms with Crippen LogP contribution in [0.15, 0.2) is 47.3 Å². The molecule has 3 N–H and O–H groups in total. The van der Waals surface area contributed by atoms with E-state index in [2.05, 4.69) is 32.7 Å². The van der Waals surface area contributed by atoms with E-state index in [-0.39, 0.29) is 0 Å². The Kier molecular flexibility index (Phi) is 6.76. The summed E-state index contributed by atoms with van der Waals surface area (Å²) in [5, 5.41) is 15.8. The molecule has 9 heteroatoms. The maximum absolute atomic E-state index is 12.4. The summed E-state index contributed by atoms with van der Waals surface area (Å²) in [5.74, 6) is -0.415. The number of rotatable bonds is 7. The fourth-order valence-corrected chi connectivity index (χ4v) is 3.68. The van der Waals surface area contributed by atoms with Gasteiger partial charge >= 0.3 is 6.03 Å². The van der Waals surface area contributed by atoms with Crippen molar-refractivity contribution in [2.75, 3.05) is 18.9 Å². The van der Waals surface area contributed by atoms with Crippen LogP contribution in [0.3, 0.4) is 0 Å². The lowest BCUT2D eigenvalue weighted by Gasteiger charge is -2.14. The largest absolute Gasteiger partial charge is 0.357 e. The van der Waals surface area contributed by atoms with Gasteiger partial charge in [-0.05, 0) is 5.56 Å². The first kappa shape index (κ1) is 18.0. The van der Waals surface area contributed by atoms with Crippen molar-refractivity contribution in [2.45, 2.75) is 9.59 Å². The number of hydrogen-bond acceptors (Lipinski definition) is 7. The Morgan fingerprint density at radius 2 is 2.08 bits per heavy atom. The lowest BCUT2D eigenvalue weighted by molar-refractivity contribution is -0.119. The van der Waals surface area contributed by atoms with Gasteiger partial charge in [0.2, 0.25) is 11.0 Å². The highest BCUT2D eigenvalue weighted by Crippen LogP contribution is 2.37. The van der Waals surface area contributed by atoms with Crippen LogP contribution in [0.2, 0.25) is 0 Å². The second kappa shape index (κ2) is 9.04. The molecule has 126 valence electrons. The molecule has 1 aromatic carbocycles. The number of urea groups is 1. The van der Waals surface area contributed by atoms with Crippen molar-refractivity contribution < 1.29 is 9.59 Å². The molecule has 0 bridgehead atoms. The van der Waals surface area contributed by atoms with Crippen LogP contribution in [0.1, 0.15) is 10.8 Å². The number of carbonyl (C=O) groups excluding carboxylic acids is 2. The summed E-state index contributed by atoms with van der Waals surface area (Å²) in [7, 11) is 1.45. The summed E-state index contributed by atoms with van der Waals surface area (Å²) in [5.41, 5.74) is 0.778. The van der Waals surface area contributed by atoms with Crippen LogP contribution in [0.4, 0.5) is 9.93 Å². The molecule has 1 atom stereocenters. The molecule has 0 radical (unpaired) electrons. The lowest BCUT2D eigenvalue weighted by atomic mass is 10.1. The molecule has 24 heavy (non-hydrogen) atoms. The van der Waals surface area contributed by atoms with E-state index in [4.69, 9.17) is 0 Å². The Labute approximate surface area is 147 Å². The zero-order chi connectivity index (χ0) is 17.4. The smallest absolute Gasteiger partial charge is 0.321 e. The van der Waals surface area contributed by atoms with Crippen molar-refractivity contribution in [2.24, 2.45) is 0 Å². The normalized spacial score (nSPS) is 11.4. The van der Waals surface area contributed by atoms with Crippen molar-refractivity contribution in [1.82, 2.24) is 20.8 Å². The molecule has 0 spiro atoms. The minimum Gasteiger partial charge on any atom is -0.357 e. The van der Waals surface area contributed by atoms with Crippen molar-refractivity contribution in [3.8, 4) is 0 Å². The van der Waals surface area contributed by atoms with Gasteiger partial charge in [0.05, 0.1) is 0 Å². The van der Waals surface area contributed by atoms with Crippen molar-refractivity contribution >= 4 is 40.2 Å². The zero-order valence-corrected chi connectivity index (χ0v) is 14.6. The Balaban J connectivity index is 2.16. The average molecular weight is 363 g/mol. The Morgan fingerprint density at radius 1 is 1.33 bits per heavy atom. The van der Waals surface area contributed by atoms with Crippen LogP contribution < -0.4 is 16.0 Å². The SMILES string of the molecule is C=CCNc1nnc(S[C@H](C(=O)NC(=O)NC)c2ccccc2)s1. The van der Waals surface area contributed by atoms with Gasteiger partial charge < -0.3 is 10.6 Å². The Morgan fingerprint density at radius 3 is 2.75 bits per heavy atom. The van der Waals surface area contributed by atoms with Crippen LogP contribution in [0.25, 0.3) is 0 Å². The molecule has 0 saturated carbocycles. The molecule has 2 rings (SSSR count). The van der Waals surface area contributed by atoms with Gasteiger partial charge in [0, 0.05) is 13.6 Å². The third kappa shape index (κ3) is 5.07. The fraction of sp³-hybridized carbons (Fsp3) is 0.200. The summed E-state index contributed by atoms with van der Waals surface area (Å²) in [6.07, 6.45) is 1.72. The van der Waals surface area contributed by atoms with Gasteiger partial charge in [-0.2, -0.15) is 0 Å². The number of amides is 3. The van der Waals surface area contributed by atoms with E-state index < -0.39 is 17.2 Å². The first-order valence-electron chi connectivity index (χ1n) is 7.06. The number of nitrogens with one attached hydrogen (secondary N) is 3. The zero-order valence-electron chi connectivity index (χ0n) is 13.0. The third-order valence-corrected chi connectivity index (χ3v) is 5.05. The lowest BCUT2D eigenvalue weighted by Crippen LogP contribution is -2.39. The number of thioether (sulfide) groups is 1. The maximum Gasteiger partial charge on any atom is 0.321 e. The molecule has 0 fully saturated rings. The highest BCUT2D eigenvalue weighted by Gasteiger charge is 2.25. The molecule has 0 unspecified atom stereocenters. The predicted octanol–water partition coefficient (Wildman–Crippen LogP) is 2.42. The highest BCUT2D eigenvalue weighted by molar-refractivity contribution is 8.01. The molecule has 0 aliphatic rings. The molecule has 2 aromatic rings. The number of carbonyl (C=O) groups is 2. The maximum atomic E-state index is 12.4. The molecule has 0 aliphatic carbocycles. The molecule has 1 heterocycles. The van der Waals surface area contributed by atoms with E-state index in [1.54, 1.807) is 6.08 Å². The van der Waals surface area contributed by atoms with Crippen LogP contribution in [0, 0.1) is 0 Å². The number of hydrogen-bond donors (Lipinski definition) is 3. The first-order valence-corrected chi connectivity index (χ1v) is 8.76. The van der Waals surface area contributed by atoms with Crippen molar-refractivity contribution in [3.05, 3.63) is 48.6 Å². The van der Waals surface area contributed by atoms with E-state index in [9.17, 15) is 9.59 Å². The van der Waals surface area contributed by atoms with Gasteiger partial charge in [0.1, 0.15) is 5.25 Å². The van der Waals surface area contributed by atoms with Crippen molar-refractivity contribution in [1.29, 1.82) is 0 Å². The monoisotopic (exact) mass is 363 g/mol. The molecular formula is C15H17N5O2S2. The van der Waals surface area contributed by atoms with Crippen LogP contribution in [0.5, 0.6) is 0 Å². The van der Waals surface area contributed by atoms with E-state index >= 15 is 0 Å². The quantitative estimate of drug-likeness (QED) is 0.516. The number of aromatic nitrogens is 2. The molecule has 7 nitrogen and oxygen atoms in total. The van der Waals surface area contributed by atoms with Gasteiger partial charge in [0.25, 0.3) is 0 Å². The number of benzene rings is 1. The second-order valence-corrected chi connectivity index (χ2v) is 6.85. The molecule has 1 aromatic heterocycles. The van der Waals surface area contributed by atoms with E-state index in [0.29, 0.717) is 16.0 Å². The van der Waals surface area contributed by atoms with Crippen LogP contribution >= 0.6 is 23.1 Å². The number of nitrogens with zero attached hydrogens (tertiary/aromatic N) is 2. The predicted molar refractivity (Wildman–Crippen MR) is 96.2 cm³/mol.